The third-order valence-electron chi connectivity index (χ3n) is 3.80. The van der Waals surface area contributed by atoms with E-state index in [-0.39, 0.29) is 12.2 Å². The Bertz CT molecular complexity index is 676. The largest absolute Gasteiger partial charge is 0.392 e. The Kier molecular flexibility index (Phi) is 3.56. The van der Waals surface area contributed by atoms with Crippen LogP contribution in [0.25, 0.3) is 0 Å². The minimum absolute atomic E-state index is 0.0270. The maximum absolute atomic E-state index is 11.9. The summed E-state index contributed by atoms with van der Waals surface area (Å²) >= 11 is 0. The SMILES string of the molecule is O=c1[nH]cc(Nc2cccc(CO)c2)c2c1CCCC2. The van der Waals surface area contributed by atoms with E-state index in [1.807, 2.05) is 24.3 Å². The van der Waals surface area contributed by atoms with E-state index in [1.54, 1.807) is 6.20 Å². The highest BCUT2D eigenvalue weighted by molar-refractivity contribution is 5.64. The number of hydrogen-bond acceptors (Lipinski definition) is 3. The van der Waals surface area contributed by atoms with Crippen LogP contribution in [0.15, 0.2) is 35.3 Å². The number of aliphatic hydroxyl groups excluding tert-OH is 1. The molecule has 1 aromatic carbocycles. The number of aromatic amines is 1. The van der Waals surface area contributed by atoms with Gasteiger partial charge in [0.1, 0.15) is 0 Å². The average molecular weight is 270 g/mol. The van der Waals surface area contributed by atoms with Gasteiger partial charge in [-0.2, -0.15) is 0 Å². The van der Waals surface area contributed by atoms with Gasteiger partial charge in [0.15, 0.2) is 0 Å². The lowest BCUT2D eigenvalue weighted by Crippen LogP contribution is -2.20. The Morgan fingerprint density at radius 1 is 1.20 bits per heavy atom. The van der Waals surface area contributed by atoms with E-state index in [1.165, 1.54) is 0 Å². The number of aliphatic hydroxyl groups is 1. The Hall–Kier alpha value is -2.07. The number of benzene rings is 1. The highest BCUT2D eigenvalue weighted by atomic mass is 16.3. The van der Waals surface area contributed by atoms with Crippen LogP contribution in [0.5, 0.6) is 0 Å². The molecule has 3 rings (SSSR count). The second-order valence-corrected chi connectivity index (χ2v) is 5.18. The third kappa shape index (κ3) is 2.47. The van der Waals surface area contributed by atoms with Gasteiger partial charge in [-0.15, -0.1) is 0 Å². The Morgan fingerprint density at radius 2 is 2.00 bits per heavy atom. The van der Waals surface area contributed by atoms with Crippen molar-refractivity contribution < 1.29 is 5.11 Å². The van der Waals surface area contributed by atoms with Crippen LogP contribution in [0.2, 0.25) is 0 Å². The Balaban J connectivity index is 1.96. The first-order valence-electron chi connectivity index (χ1n) is 6.98. The van der Waals surface area contributed by atoms with Crippen molar-refractivity contribution in [2.75, 3.05) is 5.32 Å². The summed E-state index contributed by atoms with van der Waals surface area (Å²) in [4.78, 5) is 14.7. The molecule has 1 aromatic heterocycles. The molecule has 0 fully saturated rings. The van der Waals surface area contributed by atoms with Crippen molar-refractivity contribution in [1.82, 2.24) is 4.98 Å². The van der Waals surface area contributed by atoms with Gasteiger partial charge < -0.3 is 15.4 Å². The lowest BCUT2D eigenvalue weighted by Gasteiger charge is -2.19. The molecule has 0 bridgehead atoms. The van der Waals surface area contributed by atoms with Crippen LogP contribution in [-0.2, 0) is 19.4 Å². The van der Waals surface area contributed by atoms with Gasteiger partial charge in [0.25, 0.3) is 5.56 Å². The lowest BCUT2D eigenvalue weighted by atomic mass is 9.92. The fourth-order valence-electron chi connectivity index (χ4n) is 2.78. The van der Waals surface area contributed by atoms with E-state index in [2.05, 4.69) is 10.3 Å². The number of H-pyrrole nitrogens is 1. The van der Waals surface area contributed by atoms with Crippen molar-refractivity contribution in [2.45, 2.75) is 32.3 Å². The van der Waals surface area contributed by atoms with E-state index in [0.717, 1.165) is 53.7 Å². The van der Waals surface area contributed by atoms with Crippen molar-refractivity contribution in [2.24, 2.45) is 0 Å². The maximum Gasteiger partial charge on any atom is 0.251 e. The molecule has 1 aliphatic carbocycles. The second-order valence-electron chi connectivity index (χ2n) is 5.18. The van der Waals surface area contributed by atoms with Gasteiger partial charge in [-0.25, -0.2) is 0 Å². The topological polar surface area (TPSA) is 65.1 Å². The highest BCUT2D eigenvalue weighted by Gasteiger charge is 2.16. The van der Waals surface area contributed by atoms with Crippen LogP contribution in [0, 0.1) is 0 Å². The first-order valence-corrected chi connectivity index (χ1v) is 6.98. The first-order chi connectivity index (χ1) is 9.78. The molecule has 1 aliphatic rings. The molecule has 0 amide bonds. The number of pyridine rings is 1. The Labute approximate surface area is 117 Å². The molecule has 1 heterocycles. The summed E-state index contributed by atoms with van der Waals surface area (Å²) in [6, 6.07) is 7.67. The molecular weight excluding hydrogens is 252 g/mol. The molecule has 104 valence electrons. The zero-order chi connectivity index (χ0) is 13.9. The van der Waals surface area contributed by atoms with E-state index in [9.17, 15) is 9.90 Å². The number of aromatic nitrogens is 1. The lowest BCUT2D eigenvalue weighted by molar-refractivity contribution is 0.282. The van der Waals surface area contributed by atoms with Gasteiger partial charge in [-0.05, 0) is 48.9 Å². The monoisotopic (exact) mass is 270 g/mol. The van der Waals surface area contributed by atoms with E-state index in [0.29, 0.717) is 0 Å². The zero-order valence-corrected chi connectivity index (χ0v) is 11.3. The molecule has 0 radical (unpaired) electrons. The molecule has 4 nitrogen and oxygen atoms in total. The summed E-state index contributed by atoms with van der Waals surface area (Å²) in [5.41, 5.74) is 4.85. The zero-order valence-electron chi connectivity index (χ0n) is 11.3. The molecule has 0 saturated carbocycles. The number of anilines is 2. The normalized spacial score (nSPS) is 13.8. The summed E-state index contributed by atoms with van der Waals surface area (Å²) in [5, 5.41) is 12.5. The van der Waals surface area contributed by atoms with Crippen LogP contribution in [-0.4, -0.2) is 10.1 Å². The molecule has 0 spiro atoms. The molecule has 0 unspecified atom stereocenters. The highest BCUT2D eigenvalue weighted by Crippen LogP contribution is 2.27. The van der Waals surface area contributed by atoms with E-state index >= 15 is 0 Å². The molecule has 0 atom stereocenters. The van der Waals surface area contributed by atoms with Crippen molar-refractivity contribution in [1.29, 1.82) is 0 Å². The Morgan fingerprint density at radius 3 is 2.80 bits per heavy atom. The van der Waals surface area contributed by atoms with Gasteiger partial charge in [-0.3, -0.25) is 4.79 Å². The smallest absolute Gasteiger partial charge is 0.251 e. The third-order valence-corrected chi connectivity index (χ3v) is 3.80. The number of nitrogens with one attached hydrogen (secondary N) is 2. The number of fused-ring (bicyclic) bond motifs is 1. The molecule has 20 heavy (non-hydrogen) atoms. The van der Waals surface area contributed by atoms with Gasteiger partial charge in [0, 0.05) is 17.4 Å². The predicted octanol–water partition coefficient (Wildman–Crippen LogP) is 2.49. The van der Waals surface area contributed by atoms with Gasteiger partial charge in [0.05, 0.1) is 12.3 Å². The molecule has 0 saturated heterocycles. The van der Waals surface area contributed by atoms with Crippen LogP contribution in [0.4, 0.5) is 11.4 Å². The molecule has 3 N–H and O–H groups in total. The van der Waals surface area contributed by atoms with Crippen molar-refractivity contribution >= 4 is 11.4 Å². The minimum Gasteiger partial charge on any atom is -0.392 e. The molecule has 4 heteroatoms. The van der Waals surface area contributed by atoms with E-state index in [4.69, 9.17) is 0 Å². The summed E-state index contributed by atoms with van der Waals surface area (Å²) < 4.78 is 0. The summed E-state index contributed by atoms with van der Waals surface area (Å²) in [7, 11) is 0. The predicted molar refractivity (Wildman–Crippen MR) is 79.4 cm³/mol. The standard InChI is InChI=1S/C16H18N2O2/c19-10-11-4-3-5-12(8-11)18-15-9-17-16(20)14-7-2-1-6-13(14)15/h3-5,8-9,18-19H,1-2,6-7,10H2,(H,17,20). The van der Waals surface area contributed by atoms with Gasteiger partial charge >= 0.3 is 0 Å². The van der Waals surface area contributed by atoms with Crippen molar-refractivity contribution in [3.05, 3.63) is 57.5 Å². The number of rotatable bonds is 3. The molecular formula is C16H18N2O2. The van der Waals surface area contributed by atoms with Crippen LogP contribution in [0.1, 0.15) is 29.5 Å². The van der Waals surface area contributed by atoms with Gasteiger partial charge in [-0.1, -0.05) is 12.1 Å². The quantitative estimate of drug-likeness (QED) is 0.803. The average Bonchev–Trinajstić information content (AvgIpc) is 2.51. The fourth-order valence-corrected chi connectivity index (χ4v) is 2.78. The van der Waals surface area contributed by atoms with Gasteiger partial charge in [0.2, 0.25) is 0 Å². The van der Waals surface area contributed by atoms with Crippen LogP contribution in [0.3, 0.4) is 0 Å². The number of hydrogen-bond donors (Lipinski definition) is 3. The maximum atomic E-state index is 11.9. The van der Waals surface area contributed by atoms with Crippen molar-refractivity contribution in [3.8, 4) is 0 Å². The first kappa shape index (κ1) is 12.9. The fraction of sp³-hybridized carbons (Fsp3) is 0.312. The minimum atomic E-state index is 0.0270. The summed E-state index contributed by atoms with van der Waals surface area (Å²) in [5.74, 6) is 0. The van der Waals surface area contributed by atoms with Crippen LogP contribution < -0.4 is 10.9 Å². The molecule has 2 aromatic rings. The summed E-state index contributed by atoms with van der Waals surface area (Å²) in [6.07, 6.45) is 5.76. The summed E-state index contributed by atoms with van der Waals surface area (Å²) in [6.45, 7) is 0.0270. The van der Waals surface area contributed by atoms with E-state index < -0.39 is 0 Å². The second kappa shape index (κ2) is 5.51. The van der Waals surface area contributed by atoms with Crippen LogP contribution >= 0.6 is 0 Å². The molecule has 0 aliphatic heterocycles. The van der Waals surface area contributed by atoms with Crippen molar-refractivity contribution in [3.63, 3.8) is 0 Å².